The number of nitrogens with zero attached hydrogens (tertiary/aromatic N) is 1. The van der Waals surface area contributed by atoms with Gasteiger partial charge in [0.25, 0.3) is 0 Å². The van der Waals surface area contributed by atoms with E-state index in [2.05, 4.69) is 33.0 Å². The summed E-state index contributed by atoms with van der Waals surface area (Å²) in [5.41, 5.74) is 0.694. The zero-order valence-electron chi connectivity index (χ0n) is 12.4. The Morgan fingerprint density at radius 1 is 1.28 bits per heavy atom. The molecule has 0 spiro atoms. The van der Waals surface area contributed by atoms with Crippen LogP contribution in [0, 0.1) is 5.41 Å². The summed E-state index contributed by atoms with van der Waals surface area (Å²) in [7, 11) is 0. The Labute approximate surface area is 116 Å². The van der Waals surface area contributed by atoms with Crippen molar-refractivity contribution in [2.45, 2.75) is 77.8 Å². The summed E-state index contributed by atoms with van der Waals surface area (Å²) in [6.07, 6.45) is 7.72. The molecule has 2 nitrogen and oxygen atoms in total. The maximum atomic E-state index is 5.05. The standard InChI is InChI=1S/C15H28N2S/c1-5-15(6-2)11-18-13(17-15)16-12-9-7-8-10-14(12,3)4/h12H,5-11H2,1-4H3,(H,16,17). The fraction of sp³-hybridized carbons (Fsp3) is 0.933. The number of hydrogen-bond donors (Lipinski definition) is 1. The van der Waals surface area contributed by atoms with Crippen molar-refractivity contribution in [3.63, 3.8) is 0 Å². The zero-order chi connectivity index (χ0) is 13.2. The smallest absolute Gasteiger partial charge is 0.157 e. The average Bonchev–Trinajstić information content (AvgIpc) is 2.76. The van der Waals surface area contributed by atoms with Crippen LogP contribution in [-0.4, -0.2) is 22.5 Å². The fourth-order valence-electron chi connectivity index (χ4n) is 3.06. The maximum absolute atomic E-state index is 5.05. The molecule has 1 heterocycles. The predicted molar refractivity (Wildman–Crippen MR) is 82.4 cm³/mol. The van der Waals surface area contributed by atoms with Crippen molar-refractivity contribution in [2.24, 2.45) is 10.4 Å². The minimum absolute atomic E-state index is 0.308. The molecule has 0 radical (unpaired) electrons. The fourth-order valence-corrected chi connectivity index (χ4v) is 4.45. The predicted octanol–water partition coefficient (Wildman–Crippen LogP) is 4.21. The lowest BCUT2D eigenvalue weighted by molar-refractivity contribution is 0.203. The second-order valence-electron chi connectivity index (χ2n) is 6.59. The first-order chi connectivity index (χ1) is 8.51. The maximum Gasteiger partial charge on any atom is 0.157 e. The molecule has 1 unspecified atom stereocenters. The van der Waals surface area contributed by atoms with Gasteiger partial charge in [-0.2, -0.15) is 0 Å². The lowest BCUT2D eigenvalue weighted by Gasteiger charge is -2.36. The van der Waals surface area contributed by atoms with Crippen LogP contribution in [0.3, 0.4) is 0 Å². The summed E-state index contributed by atoms with van der Waals surface area (Å²) in [4.78, 5) is 5.05. The normalized spacial score (nSPS) is 32.4. The Morgan fingerprint density at radius 3 is 2.56 bits per heavy atom. The highest BCUT2D eigenvalue weighted by molar-refractivity contribution is 8.14. The highest BCUT2D eigenvalue weighted by Crippen LogP contribution is 2.39. The molecule has 3 heteroatoms. The van der Waals surface area contributed by atoms with Gasteiger partial charge in [-0.3, -0.25) is 4.99 Å². The number of aliphatic imine (C=N–C) groups is 1. The lowest BCUT2D eigenvalue weighted by atomic mass is 9.73. The van der Waals surface area contributed by atoms with Gasteiger partial charge in [0.05, 0.1) is 6.04 Å². The van der Waals surface area contributed by atoms with E-state index in [1.807, 2.05) is 11.8 Å². The van der Waals surface area contributed by atoms with Gasteiger partial charge in [0.2, 0.25) is 0 Å². The van der Waals surface area contributed by atoms with Crippen molar-refractivity contribution >= 4 is 16.9 Å². The van der Waals surface area contributed by atoms with E-state index in [1.165, 1.54) is 49.4 Å². The van der Waals surface area contributed by atoms with Crippen molar-refractivity contribution < 1.29 is 0 Å². The first-order valence-electron chi connectivity index (χ1n) is 7.50. The summed E-state index contributed by atoms with van der Waals surface area (Å²) in [6.45, 7) is 9.33. The number of nitrogens with one attached hydrogen (secondary N) is 1. The molecule has 104 valence electrons. The summed E-state index contributed by atoms with van der Waals surface area (Å²) in [5, 5.41) is 4.91. The zero-order valence-corrected chi connectivity index (χ0v) is 13.2. The Bertz CT molecular complexity index is 318. The molecule has 0 amide bonds. The van der Waals surface area contributed by atoms with Crippen LogP contribution >= 0.6 is 11.8 Å². The van der Waals surface area contributed by atoms with Gasteiger partial charge < -0.3 is 5.32 Å². The Kier molecular flexibility index (Phi) is 4.30. The first kappa shape index (κ1) is 14.2. The molecule has 0 bridgehead atoms. The van der Waals surface area contributed by atoms with E-state index in [0.29, 0.717) is 17.0 Å². The average molecular weight is 268 g/mol. The van der Waals surface area contributed by atoms with Crippen LogP contribution < -0.4 is 5.32 Å². The second-order valence-corrected chi connectivity index (χ2v) is 7.55. The van der Waals surface area contributed by atoms with Crippen LogP contribution in [0.5, 0.6) is 0 Å². The SMILES string of the molecule is CCC1(CC)CSC(=NC2CCCCC2(C)C)N1. The van der Waals surface area contributed by atoms with Gasteiger partial charge in [0, 0.05) is 11.3 Å². The molecule has 1 aliphatic carbocycles. The van der Waals surface area contributed by atoms with E-state index in [4.69, 9.17) is 4.99 Å². The van der Waals surface area contributed by atoms with E-state index in [9.17, 15) is 0 Å². The molecule has 1 N–H and O–H groups in total. The van der Waals surface area contributed by atoms with Gasteiger partial charge in [-0.15, -0.1) is 0 Å². The largest absolute Gasteiger partial charge is 0.359 e. The number of thioether (sulfide) groups is 1. The van der Waals surface area contributed by atoms with E-state index in [-0.39, 0.29) is 0 Å². The second kappa shape index (κ2) is 5.44. The van der Waals surface area contributed by atoms with Crippen molar-refractivity contribution in [3.05, 3.63) is 0 Å². The quantitative estimate of drug-likeness (QED) is 0.829. The molecule has 0 aromatic rings. The first-order valence-corrected chi connectivity index (χ1v) is 8.49. The van der Waals surface area contributed by atoms with Crippen LogP contribution in [0.15, 0.2) is 4.99 Å². The summed E-state index contributed by atoms with van der Waals surface area (Å²) < 4.78 is 0. The van der Waals surface area contributed by atoms with E-state index >= 15 is 0 Å². The topological polar surface area (TPSA) is 24.4 Å². The summed E-state index contributed by atoms with van der Waals surface area (Å²) in [5.74, 6) is 1.19. The molecule has 2 fully saturated rings. The van der Waals surface area contributed by atoms with E-state index < -0.39 is 0 Å². The molecule has 1 aliphatic heterocycles. The molecule has 1 saturated heterocycles. The van der Waals surface area contributed by atoms with Gasteiger partial charge in [-0.1, -0.05) is 52.3 Å². The Balaban J connectivity index is 2.06. The highest BCUT2D eigenvalue weighted by atomic mass is 32.2. The van der Waals surface area contributed by atoms with E-state index in [1.54, 1.807) is 0 Å². The minimum atomic E-state index is 0.308. The Morgan fingerprint density at radius 2 is 2.00 bits per heavy atom. The third-order valence-corrected chi connectivity index (χ3v) is 6.11. The van der Waals surface area contributed by atoms with Crippen molar-refractivity contribution in [3.8, 4) is 0 Å². The molecule has 0 aromatic carbocycles. The third kappa shape index (κ3) is 2.87. The van der Waals surface area contributed by atoms with Crippen LogP contribution in [-0.2, 0) is 0 Å². The van der Waals surface area contributed by atoms with Gasteiger partial charge >= 0.3 is 0 Å². The molecule has 2 rings (SSSR count). The molecule has 1 saturated carbocycles. The summed E-state index contributed by atoms with van der Waals surface area (Å²) in [6, 6.07) is 0.519. The number of hydrogen-bond acceptors (Lipinski definition) is 2. The molecular weight excluding hydrogens is 240 g/mol. The molecular formula is C15H28N2S. The van der Waals surface area contributed by atoms with Crippen molar-refractivity contribution in [1.82, 2.24) is 5.32 Å². The lowest BCUT2D eigenvalue weighted by Crippen LogP contribution is -2.43. The van der Waals surface area contributed by atoms with Crippen molar-refractivity contribution in [1.29, 1.82) is 0 Å². The molecule has 0 aromatic heterocycles. The Hall–Kier alpha value is -0.180. The monoisotopic (exact) mass is 268 g/mol. The van der Waals surface area contributed by atoms with Crippen molar-refractivity contribution in [2.75, 3.05) is 5.75 Å². The third-order valence-electron chi connectivity index (χ3n) is 4.93. The molecule has 1 atom stereocenters. The van der Waals surface area contributed by atoms with Crippen LogP contribution in [0.2, 0.25) is 0 Å². The van der Waals surface area contributed by atoms with Crippen LogP contribution in [0.25, 0.3) is 0 Å². The number of amidine groups is 1. The molecule has 2 aliphatic rings. The highest BCUT2D eigenvalue weighted by Gasteiger charge is 2.36. The van der Waals surface area contributed by atoms with E-state index in [0.717, 1.165) is 0 Å². The molecule has 18 heavy (non-hydrogen) atoms. The van der Waals surface area contributed by atoms with Crippen LogP contribution in [0.4, 0.5) is 0 Å². The number of rotatable bonds is 3. The van der Waals surface area contributed by atoms with Gasteiger partial charge in [-0.05, 0) is 31.1 Å². The van der Waals surface area contributed by atoms with Gasteiger partial charge in [0.15, 0.2) is 5.17 Å². The van der Waals surface area contributed by atoms with Gasteiger partial charge in [-0.25, -0.2) is 0 Å². The van der Waals surface area contributed by atoms with Crippen LogP contribution in [0.1, 0.15) is 66.2 Å². The van der Waals surface area contributed by atoms with Gasteiger partial charge in [0.1, 0.15) is 0 Å². The summed E-state index contributed by atoms with van der Waals surface area (Å²) >= 11 is 1.93. The minimum Gasteiger partial charge on any atom is -0.359 e.